The molecular weight excluding hydrogens is 252 g/mol. The number of benzene rings is 1. The van der Waals surface area contributed by atoms with Crippen LogP contribution in [-0.4, -0.2) is 31.6 Å². The van der Waals surface area contributed by atoms with Crippen molar-refractivity contribution in [3.05, 3.63) is 29.8 Å². The van der Waals surface area contributed by atoms with Gasteiger partial charge >= 0.3 is 0 Å². The van der Waals surface area contributed by atoms with Crippen molar-refractivity contribution in [2.45, 2.75) is 38.6 Å². The number of hydrogen-bond donors (Lipinski definition) is 2. The van der Waals surface area contributed by atoms with Gasteiger partial charge in [0, 0.05) is 19.0 Å². The van der Waals surface area contributed by atoms with Gasteiger partial charge in [-0.05, 0) is 44.4 Å². The van der Waals surface area contributed by atoms with E-state index in [0.717, 1.165) is 30.7 Å². The first-order valence-electron chi connectivity index (χ1n) is 7.50. The van der Waals surface area contributed by atoms with Gasteiger partial charge in [0.15, 0.2) is 0 Å². The Morgan fingerprint density at radius 3 is 3.05 bits per heavy atom. The average Bonchev–Trinajstić information content (AvgIpc) is 2.94. The molecule has 0 aliphatic carbocycles. The van der Waals surface area contributed by atoms with Gasteiger partial charge < -0.3 is 15.4 Å². The minimum absolute atomic E-state index is 0.137. The maximum atomic E-state index is 11.8. The summed E-state index contributed by atoms with van der Waals surface area (Å²) in [5, 5.41) is 6.33. The minimum Gasteiger partial charge on any atom is -0.494 e. The summed E-state index contributed by atoms with van der Waals surface area (Å²) in [5.41, 5.74) is 1.15. The van der Waals surface area contributed by atoms with E-state index in [1.807, 2.05) is 25.1 Å². The third-order valence-corrected chi connectivity index (χ3v) is 3.58. The summed E-state index contributed by atoms with van der Waals surface area (Å²) in [6, 6.07) is 8.37. The molecule has 1 aromatic rings. The van der Waals surface area contributed by atoms with E-state index < -0.39 is 0 Å². The standard InChI is InChI=1S/C16H24N2O2/c1-2-20-15-8-4-3-6-13(15)9-11-18-16(19)12-14-7-5-10-17-14/h3-4,6,8,14,17H,2,5,7,9-12H2,1H3,(H,18,19). The summed E-state index contributed by atoms with van der Waals surface area (Å²) in [4.78, 5) is 11.8. The summed E-state index contributed by atoms with van der Waals surface area (Å²) in [5.74, 6) is 1.06. The second-order valence-electron chi connectivity index (χ2n) is 5.14. The molecule has 2 N–H and O–H groups in total. The second-order valence-corrected chi connectivity index (χ2v) is 5.14. The molecule has 0 spiro atoms. The zero-order valence-corrected chi connectivity index (χ0v) is 12.2. The Bertz CT molecular complexity index is 428. The van der Waals surface area contributed by atoms with E-state index in [1.165, 1.54) is 6.42 Å². The Hall–Kier alpha value is -1.55. The molecule has 1 aliphatic heterocycles. The highest BCUT2D eigenvalue weighted by atomic mass is 16.5. The number of carbonyl (C=O) groups is 1. The van der Waals surface area contributed by atoms with E-state index in [1.54, 1.807) is 0 Å². The van der Waals surface area contributed by atoms with Crippen molar-refractivity contribution >= 4 is 5.91 Å². The number of para-hydroxylation sites is 1. The SMILES string of the molecule is CCOc1ccccc1CCNC(=O)CC1CCCN1. The molecule has 20 heavy (non-hydrogen) atoms. The van der Waals surface area contributed by atoms with E-state index in [2.05, 4.69) is 16.7 Å². The lowest BCUT2D eigenvalue weighted by atomic mass is 10.1. The predicted molar refractivity (Wildman–Crippen MR) is 80.0 cm³/mol. The molecular formula is C16H24N2O2. The molecule has 1 saturated heterocycles. The van der Waals surface area contributed by atoms with Crippen LogP contribution in [0, 0.1) is 0 Å². The molecule has 0 aromatic heterocycles. The number of amides is 1. The van der Waals surface area contributed by atoms with E-state index in [-0.39, 0.29) is 5.91 Å². The summed E-state index contributed by atoms with van der Waals surface area (Å²) >= 11 is 0. The molecule has 1 fully saturated rings. The molecule has 1 atom stereocenters. The number of rotatable bonds is 7. The molecule has 0 bridgehead atoms. The van der Waals surface area contributed by atoms with Crippen molar-refractivity contribution in [2.24, 2.45) is 0 Å². The van der Waals surface area contributed by atoms with Crippen LogP contribution in [0.3, 0.4) is 0 Å². The Labute approximate surface area is 120 Å². The lowest BCUT2D eigenvalue weighted by Gasteiger charge is -2.12. The topological polar surface area (TPSA) is 50.4 Å². The normalized spacial score (nSPS) is 17.9. The van der Waals surface area contributed by atoms with Crippen LogP contribution in [-0.2, 0) is 11.2 Å². The number of nitrogens with one attached hydrogen (secondary N) is 2. The van der Waals surface area contributed by atoms with Crippen LogP contribution in [0.25, 0.3) is 0 Å². The predicted octanol–water partition coefficient (Wildman–Crippen LogP) is 1.89. The summed E-state index contributed by atoms with van der Waals surface area (Å²) in [6.07, 6.45) is 3.69. The molecule has 0 saturated carbocycles. The fourth-order valence-corrected chi connectivity index (χ4v) is 2.57. The van der Waals surface area contributed by atoms with Crippen LogP contribution >= 0.6 is 0 Å². The molecule has 1 aromatic carbocycles. The van der Waals surface area contributed by atoms with Gasteiger partial charge in [0.25, 0.3) is 0 Å². The lowest BCUT2D eigenvalue weighted by molar-refractivity contribution is -0.121. The molecule has 1 heterocycles. The maximum absolute atomic E-state index is 11.8. The fraction of sp³-hybridized carbons (Fsp3) is 0.562. The van der Waals surface area contributed by atoms with Crippen molar-refractivity contribution in [1.82, 2.24) is 10.6 Å². The highest BCUT2D eigenvalue weighted by molar-refractivity contribution is 5.76. The quantitative estimate of drug-likeness (QED) is 0.799. The second kappa shape index (κ2) is 7.90. The van der Waals surface area contributed by atoms with Crippen LogP contribution in [0.4, 0.5) is 0 Å². The van der Waals surface area contributed by atoms with Gasteiger partial charge in [0.2, 0.25) is 5.91 Å². The minimum atomic E-state index is 0.137. The number of ether oxygens (including phenoxy) is 1. The monoisotopic (exact) mass is 276 g/mol. The Morgan fingerprint density at radius 2 is 2.30 bits per heavy atom. The highest BCUT2D eigenvalue weighted by Gasteiger charge is 2.17. The van der Waals surface area contributed by atoms with E-state index in [0.29, 0.717) is 25.6 Å². The first kappa shape index (κ1) is 14.9. The van der Waals surface area contributed by atoms with Crippen LogP contribution < -0.4 is 15.4 Å². The van der Waals surface area contributed by atoms with Crippen LogP contribution in [0.15, 0.2) is 24.3 Å². The van der Waals surface area contributed by atoms with Crippen molar-refractivity contribution < 1.29 is 9.53 Å². The summed E-state index contributed by atoms with van der Waals surface area (Å²) in [7, 11) is 0. The first-order chi connectivity index (χ1) is 9.79. The summed E-state index contributed by atoms with van der Waals surface area (Å²) in [6.45, 7) is 4.35. The highest BCUT2D eigenvalue weighted by Crippen LogP contribution is 2.18. The van der Waals surface area contributed by atoms with Crippen molar-refractivity contribution in [1.29, 1.82) is 0 Å². The van der Waals surface area contributed by atoms with Crippen molar-refractivity contribution in [3.8, 4) is 5.75 Å². The average molecular weight is 276 g/mol. The molecule has 4 nitrogen and oxygen atoms in total. The van der Waals surface area contributed by atoms with Crippen LogP contribution in [0.5, 0.6) is 5.75 Å². The first-order valence-corrected chi connectivity index (χ1v) is 7.50. The van der Waals surface area contributed by atoms with Gasteiger partial charge in [-0.2, -0.15) is 0 Å². The lowest BCUT2D eigenvalue weighted by Crippen LogP contribution is -2.32. The third-order valence-electron chi connectivity index (χ3n) is 3.58. The fourth-order valence-electron chi connectivity index (χ4n) is 2.57. The van der Waals surface area contributed by atoms with Gasteiger partial charge in [-0.15, -0.1) is 0 Å². The number of carbonyl (C=O) groups excluding carboxylic acids is 1. The molecule has 110 valence electrons. The van der Waals surface area contributed by atoms with Crippen molar-refractivity contribution in [2.75, 3.05) is 19.7 Å². The molecule has 0 radical (unpaired) electrons. The Morgan fingerprint density at radius 1 is 1.45 bits per heavy atom. The van der Waals surface area contributed by atoms with Gasteiger partial charge in [0.05, 0.1) is 6.61 Å². The van der Waals surface area contributed by atoms with Gasteiger partial charge in [-0.3, -0.25) is 4.79 Å². The molecule has 2 rings (SSSR count). The van der Waals surface area contributed by atoms with E-state index in [9.17, 15) is 4.79 Å². The third kappa shape index (κ3) is 4.53. The smallest absolute Gasteiger partial charge is 0.221 e. The zero-order chi connectivity index (χ0) is 14.2. The summed E-state index contributed by atoms with van der Waals surface area (Å²) < 4.78 is 5.58. The van der Waals surface area contributed by atoms with Crippen molar-refractivity contribution in [3.63, 3.8) is 0 Å². The van der Waals surface area contributed by atoms with Gasteiger partial charge in [-0.1, -0.05) is 18.2 Å². The molecule has 4 heteroatoms. The van der Waals surface area contributed by atoms with Crippen LogP contribution in [0.2, 0.25) is 0 Å². The Kier molecular flexibility index (Phi) is 5.87. The van der Waals surface area contributed by atoms with Gasteiger partial charge in [-0.25, -0.2) is 0 Å². The zero-order valence-electron chi connectivity index (χ0n) is 12.2. The largest absolute Gasteiger partial charge is 0.494 e. The maximum Gasteiger partial charge on any atom is 0.221 e. The Balaban J connectivity index is 1.73. The molecule has 1 unspecified atom stereocenters. The van der Waals surface area contributed by atoms with E-state index in [4.69, 9.17) is 4.74 Å². The van der Waals surface area contributed by atoms with E-state index >= 15 is 0 Å². The van der Waals surface area contributed by atoms with Crippen LogP contribution in [0.1, 0.15) is 31.7 Å². The number of hydrogen-bond acceptors (Lipinski definition) is 3. The van der Waals surface area contributed by atoms with Gasteiger partial charge in [0.1, 0.15) is 5.75 Å². The molecule has 1 aliphatic rings. The molecule has 1 amide bonds.